The zero-order valence-electron chi connectivity index (χ0n) is 11.6. The molecule has 1 aliphatic rings. The predicted octanol–water partition coefficient (Wildman–Crippen LogP) is 3.62. The highest BCUT2D eigenvalue weighted by Gasteiger charge is 2.25. The van der Waals surface area contributed by atoms with Crippen LogP contribution in [0.3, 0.4) is 0 Å². The van der Waals surface area contributed by atoms with E-state index in [4.69, 9.17) is 18.0 Å². The van der Waals surface area contributed by atoms with Gasteiger partial charge in [0.2, 0.25) is 0 Å². The molecule has 1 unspecified atom stereocenters. The molecule has 0 amide bonds. The minimum Gasteiger partial charge on any atom is -0.389 e. The van der Waals surface area contributed by atoms with Crippen molar-refractivity contribution in [1.29, 1.82) is 0 Å². The molecule has 2 aromatic carbocycles. The van der Waals surface area contributed by atoms with Gasteiger partial charge in [-0.05, 0) is 29.7 Å². The molecular weight excluding hydrogens is 276 g/mol. The smallest absolute Gasteiger partial charge is 0.104 e. The highest BCUT2D eigenvalue weighted by atomic mass is 32.1. The molecule has 1 atom stereocenters. The van der Waals surface area contributed by atoms with Gasteiger partial charge in [0.05, 0.1) is 0 Å². The van der Waals surface area contributed by atoms with E-state index in [-0.39, 0.29) is 0 Å². The van der Waals surface area contributed by atoms with Gasteiger partial charge in [-0.2, -0.15) is 0 Å². The van der Waals surface area contributed by atoms with Gasteiger partial charge in [0.25, 0.3) is 0 Å². The number of hydrogen-bond donors (Lipinski definition) is 1. The molecule has 0 fully saturated rings. The molecule has 0 saturated carbocycles. The van der Waals surface area contributed by atoms with Crippen molar-refractivity contribution in [3.8, 4) is 0 Å². The van der Waals surface area contributed by atoms with E-state index in [1.54, 1.807) is 0 Å². The third-order valence-corrected chi connectivity index (χ3v) is 4.68. The van der Waals surface area contributed by atoms with E-state index >= 15 is 0 Å². The first-order valence-electron chi connectivity index (χ1n) is 7.19. The normalized spacial score (nSPS) is 16.5. The second kappa shape index (κ2) is 4.71. The van der Waals surface area contributed by atoms with Gasteiger partial charge in [0.1, 0.15) is 4.99 Å². The summed E-state index contributed by atoms with van der Waals surface area (Å²) in [5.41, 5.74) is 11.0. The maximum Gasteiger partial charge on any atom is 0.104 e. The molecule has 3 heteroatoms. The van der Waals surface area contributed by atoms with Gasteiger partial charge in [-0.1, -0.05) is 48.6 Å². The predicted molar refractivity (Wildman–Crippen MR) is 90.7 cm³/mol. The van der Waals surface area contributed by atoms with Crippen LogP contribution >= 0.6 is 12.2 Å². The second-order valence-electron chi connectivity index (χ2n) is 5.67. The summed E-state index contributed by atoms with van der Waals surface area (Å²) in [6.07, 6.45) is 3.32. The van der Waals surface area contributed by atoms with Crippen LogP contribution < -0.4 is 5.73 Å². The summed E-state index contributed by atoms with van der Waals surface area (Å²) in [6.45, 7) is 1.02. The van der Waals surface area contributed by atoms with E-state index in [1.807, 2.05) is 12.1 Å². The molecule has 0 aliphatic heterocycles. The lowest BCUT2D eigenvalue weighted by molar-refractivity contribution is 0.518. The number of aromatic nitrogens is 1. The highest BCUT2D eigenvalue weighted by Crippen LogP contribution is 2.36. The van der Waals surface area contributed by atoms with Gasteiger partial charge < -0.3 is 10.3 Å². The lowest BCUT2D eigenvalue weighted by atomic mass is 9.77. The molecule has 2 nitrogen and oxygen atoms in total. The number of rotatable bonds is 3. The van der Waals surface area contributed by atoms with Gasteiger partial charge in [-0.15, -0.1) is 0 Å². The molecule has 0 spiro atoms. The van der Waals surface area contributed by atoms with E-state index in [9.17, 15) is 0 Å². The zero-order valence-corrected chi connectivity index (χ0v) is 12.4. The molecule has 0 bridgehead atoms. The Balaban J connectivity index is 1.70. The van der Waals surface area contributed by atoms with Crippen LogP contribution in [0.25, 0.3) is 10.9 Å². The maximum absolute atomic E-state index is 5.81. The number of fused-ring (bicyclic) bond motifs is 2. The van der Waals surface area contributed by atoms with Crippen molar-refractivity contribution in [3.05, 3.63) is 71.4 Å². The summed E-state index contributed by atoms with van der Waals surface area (Å²) in [5.74, 6) is 0.616. The first-order chi connectivity index (χ1) is 10.2. The molecule has 1 aromatic heterocycles. The fourth-order valence-electron chi connectivity index (χ4n) is 3.36. The number of benzene rings is 2. The van der Waals surface area contributed by atoms with Crippen LogP contribution in [0.1, 0.15) is 22.6 Å². The fraction of sp³-hybridized carbons (Fsp3) is 0.167. The standard InChI is InChI=1S/C18H16N2S/c19-18(21)16-6-3-7-17-15(16)8-9-20(17)11-13-10-12-4-1-2-5-14(12)13/h1-9,13H,10-11H2,(H2,19,21). The summed E-state index contributed by atoms with van der Waals surface area (Å²) in [5, 5.41) is 1.15. The SMILES string of the molecule is NC(=S)c1cccc2c1ccn2CC1Cc2ccccc21. The number of hydrogen-bond acceptors (Lipinski definition) is 1. The first kappa shape index (κ1) is 12.6. The average molecular weight is 292 g/mol. The van der Waals surface area contributed by atoms with E-state index < -0.39 is 0 Å². The number of nitrogens with two attached hydrogens (primary N) is 1. The Morgan fingerprint density at radius 1 is 1.14 bits per heavy atom. The Kier molecular flexibility index (Phi) is 2.82. The van der Waals surface area contributed by atoms with Crippen molar-refractivity contribution in [1.82, 2.24) is 4.57 Å². The van der Waals surface area contributed by atoms with Crippen molar-refractivity contribution in [2.24, 2.45) is 5.73 Å². The van der Waals surface area contributed by atoms with Crippen molar-refractivity contribution in [2.75, 3.05) is 0 Å². The van der Waals surface area contributed by atoms with Gasteiger partial charge in [0, 0.05) is 35.1 Å². The van der Waals surface area contributed by atoms with Crippen molar-refractivity contribution in [3.63, 3.8) is 0 Å². The molecule has 3 aromatic rings. The summed E-state index contributed by atoms with van der Waals surface area (Å²) in [7, 11) is 0. The Labute approximate surface area is 129 Å². The van der Waals surface area contributed by atoms with E-state index in [0.29, 0.717) is 10.9 Å². The molecule has 104 valence electrons. The lowest BCUT2D eigenvalue weighted by Crippen LogP contribution is -2.21. The molecule has 4 rings (SSSR count). The number of nitrogens with zero attached hydrogens (tertiary/aromatic N) is 1. The molecule has 0 radical (unpaired) electrons. The van der Waals surface area contributed by atoms with E-state index in [1.165, 1.54) is 23.1 Å². The highest BCUT2D eigenvalue weighted by molar-refractivity contribution is 7.80. The summed E-state index contributed by atoms with van der Waals surface area (Å²) in [4.78, 5) is 0.465. The fourth-order valence-corrected chi connectivity index (χ4v) is 3.54. The minimum absolute atomic E-state index is 0.465. The average Bonchev–Trinajstić information content (AvgIpc) is 2.87. The van der Waals surface area contributed by atoms with Crippen LogP contribution in [-0.4, -0.2) is 9.56 Å². The second-order valence-corrected chi connectivity index (χ2v) is 6.11. The van der Waals surface area contributed by atoms with Crippen LogP contribution in [0.4, 0.5) is 0 Å². The van der Waals surface area contributed by atoms with Crippen LogP contribution in [0.15, 0.2) is 54.7 Å². The molecule has 1 heterocycles. The van der Waals surface area contributed by atoms with E-state index in [2.05, 4.69) is 47.2 Å². The van der Waals surface area contributed by atoms with Gasteiger partial charge in [0.15, 0.2) is 0 Å². The Morgan fingerprint density at radius 2 is 2.00 bits per heavy atom. The van der Waals surface area contributed by atoms with Crippen LogP contribution in [0, 0.1) is 0 Å². The van der Waals surface area contributed by atoms with Gasteiger partial charge in [-0.3, -0.25) is 0 Å². The molecular formula is C18H16N2S. The summed E-state index contributed by atoms with van der Waals surface area (Å²) >= 11 is 5.14. The summed E-state index contributed by atoms with van der Waals surface area (Å²) in [6, 6.07) is 17.0. The van der Waals surface area contributed by atoms with Crippen LogP contribution in [-0.2, 0) is 13.0 Å². The first-order valence-corrected chi connectivity index (χ1v) is 7.60. The van der Waals surface area contributed by atoms with Crippen molar-refractivity contribution < 1.29 is 0 Å². The Morgan fingerprint density at radius 3 is 2.81 bits per heavy atom. The summed E-state index contributed by atoms with van der Waals surface area (Å²) < 4.78 is 2.32. The number of thiocarbonyl (C=S) groups is 1. The molecule has 21 heavy (non-hydrogen) atoms. The molecule has 0 saturated heterocycles. The van der Waals surface area contributed by atoms with Crippen molar-refractivity contribution >= 4 is 28.1 Å². The van der Waals surface area contributed by atoms with E-state index in [0.717, 1.165) is 17.5 Å². The molecule has 2 N–H and O–H groups in total. The maximum atomic E-state index is 5.81. The van der Waals surface area contributed by atoms with Crippen LogP contribution in [0.5, 0.6) is 0 Å². The monoisotopic (exact) mass is 292 g/mol. The molecule has 1 aliphatic carbocycles. The third kappa shape index (κ3) is 1.96. The van der Waals surface area contributed by atoms with Gasteiger partial charge in [-0.25, -0.2) is 0 Å². The Bertz CT molecular complexity index is 847. The van der Waals surface area contributed by atoms with Gasteiger partial charge >= 0.3 is 0 Å². The lowest BCUT2D eigenvalue weighted by Gasteiger charge is -2.30. The quantitative estimate of drug-likeness (QED) is 0.748. The largest absolute Gasteiger partial charge is 0.389 e. The van der Waals surface area contributed by atoms with Crippen LogP contribution in [0.2, 0.25) is 0 Å². The minimum atomic E-state index is 0.465. The Hall–Kier alpha value is -2.13. The third-order valence-electron chi connectivity index (χ3n) is 4.46. The topological polar surface area (TPSA) is 30.9 Å². The van der Waals surface area contributed by atoms with Crippen molar-refractivity contribution in [2.45, 2.75) is 18.9 Å². The zero-order chi connectivity index (χ0) is 14.4.